The Balaban J connectivity index is 1.64. The molecule has 1 unspecified atom stereocenters. The zero-order valence-corrected chi connectivity index (χ0v) is 17.6. The van der Waals surface area contributed by atoms with Crippen molar-refractivity contribution >= 4 is 45.6 Å². The number of carbonyl (C=O) groups is 3. The van der Waals surface area contributed by atoms with Crippen LogP contribution in [0.5, 0.6) is 5.75 Å². The van der Waals surface area contributed by atoms with Crippen LogP contribution in [0.2, 0.25) is 0 Å². The lowest BCUT2D eigenvalue weighted by atomic mass is 9.91. The molecule has 3 aromatic rings. The number of anilines is 2. The Bertz CT molecular complexity index is 1290. The molecule has 1 aliphatic rings. The molecule has 1 aliphatic heterocycles. The number of carbonyl (C=O) groups excluding carboxylic acids is 3. The summed E-state index contributed by atoms with van der Waals surface area (Å²) in [5.41, 5.74) is -0.846. The van der Waals surface area contributed by atoms with Gasteiger partial charge in [0.05, 0.1) is 13.5 Å². The van der Waals surface area contributed by atoms with Crippen LogP contribution in [0.4, 0.5) is 11.4 Å². The van der Waals surface area contributed by atoms with Crippen LogP contribution >= 0.6 is 0 Å². The van der Waals surface area contributed by atoms with E-state index in [0.717, 1.165) is 10.8 Å². The summed E-state index contributed by atoms with van der Waals surface area (Å²) in [6.07, 6.45) is -0.276. The summed E-state index contributed by atoms with van der Waals surface area (Å²) in [5.74, 6) is 0.854. The van der Waals surface area contributed by atoms with Gasteiger partial charge in [0.25, 0.3) is 5.91 Å². The highest BCUT2D eigenvalue weighted by molar-refractivity contribution is 6.39. The summed E-state index contributed by atoms with van der Waals surface area (Å²) in [7, 11) is 1.52. The Kier molecular flexibility index (Phi) is 5.34. The van der Waals surface area contributed by atoms with Crippen LogP contribution in [0.3, 0.4) is 0 Å². The lowest BCUT2D eigenvalue weighted by Gasteiger charge is -2.32. The quantitative estimate of drug-likeness (QED) is 0.368. The van der Waals surface area contributed by atoms with E-state index < -0.39 is 23.1 Å². The van der Waals surface area contributed by atoms with E-state index in [4.69, 9.17) is 10.1 Å². The maximum atomic E-state index is 13.1. The highest BCUT2D eigenvalue weighted by Gasteiger charge is 2.54. The van der Waals surface area contributed by atoms with Crippen LogP contribution in [0.1, 0.15) is 13.3 Å². The number of methoxy groups -OCH3 is 1. The highest BCUT2D eigenvalue weighted by Crippen LogP contribution is 2.37. The molecular weight excluding hydrogens is 406 g/mol. The van der Waals surface area contributed by atoms with Crippen LogP contribution in [0, 0.1) is 5.41 Å². The van der Waals surface area contributed by atoms with Crippen LogP contribution in [-0.2, 0) is 14.4 Å². The second kappa shape index (κ2) is 8.13. The average Bonchev–Trinajstić information content (AvgIpc) is 2.98. The predicted molar refractivity (Wildman–Crippen MR) is 122 cm³/mol. The molecule has 32 heavy (non-hydrogen) atoms. The third-order valence-electron chi connectivity index (χ3n) is 5.62. The maximum absolute atomic E-state index is 13.1. The molecule has 0 bridgehead atoms. The number of hydrogen-bond acceptors (Lipinski definition) is 5. The number of nitrogens with one attached hydrogen (secondary N) is 2. The van der Waals surface area contributed by atoms with E-state index >= 15 is 0 Å². The molecule has 2 amide bonds. The molecule has 0 aromatic heterocycles. The first-order valence-corrected chi connectivity index (χ1v) is 9.99. The van der Waals surface area contributed by atoms with Gasteiger partial charge in [0.2, 0.25) is 11.7 Å². The minimum absolute atomic E-state index is 0.276. The summed E-state index contributed by atoms with van der Waals surface area (Å²) in [4.78, 5) is 40.2. The first-order valence-electron chi connectivity index (χ1n) is 9.99. The number of benzene rings is 3. The second-order valence-corrected chi connectivity index (χ2v) is 7.73. The molecule has 0 saturated carbocycles. The molecule has 7 heteroatoms. The number of Topliss-reactive ketones (excluding diaryl/α,β-unsaturated/α-hetero) is 1. The molecule has 0 radical (unpaired) electrons. The number of amides is 2. The SMILES string of the molecule is COc1ccc(N2C(=O)C(=C=N)C(=O)C2(C)CC(=O)Nc2ccc3ccccc3c2)cc1. The normalized spacial score (nSPS) is 18.1. The Morgan fingerprint density at radius 1 is 1.06 bits per heavy atom. The molecule has 1 atom stereocenters. The summed E-state index contributed by atoms with van der Waals surface area (Å²) < 4.78 is 5.15. The van der Waals surface area contributed by atoms with Gasteiger partial charge in [-0.1, -0.05) is 30.3 Å². The Morgan fingerprint density at radius 2 is 1.75 bits per heavy atom. The fraction of sp³-hybridized carbons (Fsp3) is 0.160. The van der Waals surface area contributed by atoms with Crippen LogP contribution < -0.4 is 15.0 Å². The van der Waals surface area contributed by atoms with Crippen molar-refractivity contribution in [2.45, 2.75) is 18.9 Å². The minimum atomic E-state index is -1.49. The molecule has 4 rings (SSSR count). The van der Waals surface area contributed by atoms with Gasteiger partial charge in [-0.05, 0) is 60.0 Å². The lowest BCUT2D eigenvalue weighted by molar-refractivity contribution is -0.124. The Morgan fingerprint density at radius 3 is 2.41 bits per heavy atom. The average molecular weight is 427 g/mol. The molecule has 2 N–H and O–H groups in total. The van der Waals surface area contributed by atoms with Gasteiger partial charge in [-0.25, -0.2) is 0 Å². The maximum Gasteiger partial charge on any atom is 0.272 e. The number of ketones is 1. The van der Waals surface area contributed by atoms with Crippen molar-refractivity contribution in [1.29, 1.82) is 5.41 Å². The molecule has 1 heterocycles. The zero-order valence-electron chi connectivity index (χ0n) is 17.6. The van der Waals surface area contributed by atoms with Gasteiger partial charge in [-0.15, -0.1) is 0 Å². The smallest absolute Gasteiger partial charge is 0.272 e. The van der Waals surface area contributed by atoms with E-state index in [2.05, 4.69) is 5.32 Å². The molecule has 1 fully saturated rings. The fourth-order valence-electron chi connectivity index (χ4n) is 3.99. The Hall–Kier alpha value is -4.22. The Labute approximate surface area is 184 Å². The van der Waals surface area contributed by atoms with Crippen molar-refractivity contribution in [3.8, 4) is 5.75 Å². The van der Waals surface area contributed by atoms with E-state index in [1.165, 1.54) is 18.9 Å². The van der Waals surface area contributed by atoms with E-state index in [-0.39, 0.29) is 12.0 Å². The zero-order chi connectivity index (χ0) is 22.9. The summed E-state index contributed by atoms with van der Waals surface area (Å²) >= 11 is 0. The predicted octanol–water partition coefficient (Wildman–Crippen LogP) is 3.73. The van der Waals surface area contributed by atoms with Gasteiger partial charge < -0.3 is 10.1 Å². The van der Waals surface area contributed by atoms with Crippen LogP contribution in [0.15, 0.2) is 72.3 Å². The number of hydrogen-bond donors (Lipinski definition) is 2. The van der Waals surface area contributed by atoms with Gasteiger partial charge in [-0.2, -0.15) is 0 Å². The highest BCUT2D eigenvalue weighted by atomic mass is 16.5. The lowest BCUT2D eigenvalue weighted by Crippen LogP contribution is -2.49. The molecule has 3 aromatic carbocycles. The van der Waals surface area contributed by atoms with E-state index in [0.29, 0.717) is 17.1 Å². The van der Waals surface area contributed by atoms with Gasteiger partial charge in [0.1, 0.15) is 16.9 Å². The summed E-state index contributed by atoms with van der Waals surface area (Å²) in [6.45, 7) is 1.53. The monoisotopic (exact) mass is 427 g/mol. The molecular formula is C25H21N3O4. The van der Waals surface area contributed by atoms with Gasteiger partial charge in [-0.3, -0.25) is 24.7 Å². The topological polar surface area (TPSA) is 99.6 Å². The van der Waals surface area contributed by atoms with Crippen LogP contribution in [-0.4, -0.2) is 36.1 Å². The van der Waals surface area contributed by atoms with Gasteiger partial charge in [0.15, 0.2) is 0 Å². The summed E-state index contributed by atoms with van der Waals surface area (Å²) in [5, 5.41) is 12.2. The number of fused-ring (bicyclic) bond motifs is 1. The van der Waals surface area contributed by atoms with Crippen molar-refractivity contribution in [3.05, 3.63) is 72.3 Å². The number of ether oxygens (including phenoxy) is 1. The minimum Gasteiger partial charge on any atom is -0.497 e. The van der Waals surface area contributed by atoms with Crippen molar-refractivity contribution in [2.24, 2.45) is 0 Å². The third kappa shape index (κ3) is 3.55. The standard InChI is InChI=1S/C25H21N3O4/c1-25(14-22(29)27-18-8-7-16-5-3-4-6-17(16)13-18)23(30)21(15-26)24(31)28(25)19-9-11-20(32-2)12-10-19/h3-13,26H,14H2,1-2H3,(H,27,29). The van der Waals surface area contributed by atoms with Crippen molar-refractivity contribution in [1.82, 2.24) is 0 Å². The molecule has 7 nitrogen and oxygen atoms in total. The van der Waals surface area contributed by atoms with Crippen molar-refractivity contribution in [3.63, 3.8) is 0 Å². The van der Waals surface area contributed by atoms with E-state index in [9.17, 15) is 14.4 Å². The number of nitrogens with zero attached hydrogens (tertiary/aromatic N) is 1. The van der Waals surface area contributed by atoms with Crippen LogP contribution in [0.25, 0.3) is 10.8 Å². The molecule has 1 saturated heterocycles. The second-order valence-electron chi connectivity index (χ2n) is 7.73. The first-order chi connectivity index (χ1) is 15.4. The molecule has 0 spiro atoms. The van der Waals surface area contributed by atoms with Gasteiger partial charge >= 0.3 is 0 Å². The first kappa shape index (κ1) is 21.0. The number of rotatable bonds is 5. The van der Waals surface area contributed by atoms with Gasteiger partial charge in [0, 0.05) is 11.4 Å². The van der Waals surface area contributed by atoms with Crippen molar-refractivity contribution in [2.75, 3.05) is 17.3 Å². The largest absolute Gasteiger partial charge is 0.497 e. The molecule has 0 aliphatic carbocycles. The van der Waals surface area contributed by atoms with E-state index in [1.54, 1.807) is 30.3 Å². The van der Waals surface area contributed by atoms with Crippen molar-refractivity contribution < 1.29 is 19.1 Å². The van der Waals surface area contributed by atoms with E-state index in [1.807, 2.05) is 42.3 Å². The third-order valence-corrected chi connectivity index (χ3v) is 5.62. The summed E-state index contributed by atoms with van der Waals surface area (Å²) in [6, 6.07) is 19.9. The fourth-order valence-corrected chi connectivity index (χ4v) is 3.99. The molecule has 160 valence electrons.